The minimum absolute atomic E-state index is 0.0164. The molecule has 0 radical (unpaired) electrons. The monoisotopic (exact) mass is 312 g/mol. The molecule has 116 valence electrons. The van der Waals surface area contributed by atoms with E-state index < -0.39 is 0 Å². The topological polar surface area (TPSA) is 32.3 Å². The summed E-state index contributed by atoms with van der Waals surface area (Å²) in [6, 6.07) is 5.39. The first-order valence-electron chi connectivity index (χ1n) is 7.48. The number of nitrogens with one attached hydrogen (secondary N) is 1. The average Bonchev–Trinajstić information content (AvgIpc) is 2.44. The molecule has 3 nitrogen and oxygen atoms in total. The minimum atomic E-state index is -0.374. The lowest BCUT2D eigenvalue weighted by Gasteiger charge is -2.36. The van der Waals surface area contributed by atoms with Gasteiger partial charge in [-0.05, 0) is 43.5 Å². The van der Waals surface area contributed by atoms with Crippen LogP contribution >= 0.6 is 11.6 Å². The molecule has 0 unspecified atom stereocenters. The van der Waals surface area contributed by atoms with Gasteiger partial charge in [-0.1, -0.05) is 24.1 Å². The lowest BCUT2D eigenvalue weighted by atomic mass is 9.98. The van der Waals surface area contributed by atoms with Gasteiger partial charge in [-0.15, -0.1) is 0 Å². The molecule has 1 aliphatic rings. The standard InChI is InChI=1S/C16H22ClFN2O/c1-12(21)19-8-7-14-4-2-3-9-20(14)11-13-5-6-16(18)15(17)10-13/h5-6,10,14H,2-4,7-9,11H2,1H3,(H,19,21)/t14-/m1/s1. The van der Waals surface area contributed by atoms with Gasteiger partial charge < -0.3 is 5.32 Å². The van der Waals surface area contributed by atoms with Crippen molar-refractivity contribution in [2.75, 3.05) is 13.1 Å². The smallest absolute Gasteiger partial charge is 0.216 e. The zero-order valence-electron chi connectivity index (χ0n) is 12.4. The van der Waals surface area contributed by atoms with Crippen molar-refractivity contribution < 1.29 is 9.18 Å². The lowest BCUT2D eigenvalue weighted by Crippen LogP contribution is -2.41. The van der Waals surface area contributed by atoms with Crippen LogP contribution in [0.25, 0.3) is 0 Å². The largest absolute Gasteiger partial charge is 0.356 e. The Labute approximate surface area is 130 Å². The molecule has 0 saturated carbocycles. The molecule has 1 saturated heterocycles. The molecule has 0 bridgehead atoms. The van der Waals surface area contributed by atoms with Crippen LogP contribution in [0.15, 0.2) is 18.2 Å². The van der Waals surface area contributed by atoms with E-state index in [-0.39, 0.29) is 16.7 Å². The number of rotatable bonds is 5. The summed E-state index contributed by atoms with van der Waals surface area (Å²) < 4.78 is 13.2. The number of carbonyl (C=O) groups is 1. The molecule has 1 amide bonds. The molecule has 1 aromatic rings. The Balaban J connectivity index is 1.94. The van der Waals surface area contributed by atoms with E-state index in [1.165, 1.54) is 18.9 Å². The number of amides is 1. The molecule has 0 aromatic heterocycles. The van der Waals surface area contributed by atoms with E-state index >= 15 is 0 Å². The summed E-state index contributed by atoms with van der Waals surface area (Å²) in [6.07, 6.45) is 4.51. The van der Waals surface area contributed by atoms with Crippen LogP contribution in [0.5, 0.6) is 0 Å². The van der Waals surface area contributed by atoms with E-state index in [1.807, 2.05) is 0 Å². The molecule has 1 aliphatic heterocycles. The number of benzene rings is 1. The van der Waals surface area contributed by atoms with Gasteiger partial charge in [-0.25, -0.2) is 4.39 Å². The highest BCUT2D eigenvalue weighted by atomic mass is 35.5. The maximum atomic E-state index is 13.2. The SMILES string of the molecule is CC(=O)NCC[C@H]1CCCCN1Cc1ccc(F)c(Cl)c1. The van der Waals surface area contributed by atoms with E-state index in [4.69, 9.17) is 11.6 Å². The summed E-state index contributed by atoms with van der Waals surface area (Å²) >= 11 is 5.85. The molecule has 21 heavy (non-hydrogen) atoms. The van der Waals surface area contributed by atoms with Gasteiger partial charge in [0.1, 0.15) is 5.82 Å². The van der Waals surface area contributed by atoms with Crippen molar-refractivity contribution >= 4 is 17.5 Å². The van der Waals surface area contributed by atoms with Crippen LogP contribution in [0.1, 0.15) is 38.2 Å². The summed E-state index contributed by atoms with van der Waals surface area (Å²) in [6.45, 7) is 4.07. The van der Waals surface area contributed by atoms with E-state index in [1.54, 1.807) is 19.1 Å². The van der Waals surface area contributed by atoms with Crippen molar-refractivity contribution in [3.05, 3.63) is 34.6 Å². The molecular formula is C16H22ClFN2O. The number of halogens is 2. The second-order valence-corrected chi connectivity index (χ2v) is 6.05. The quantitative estimate of drug-likeness (QED) is 0.904. The fourth-order valence-electron chi connectivity index (χ4n) is 2.88. The van der Waals surface area contributed by atoms with Gasteiger partial charge in [-0.3, -0.25) is 9.69 Å². The third-order valence-electron chi connectivity index (χ3n) is 3.97. The summed E-state index contributed by atoms with van der Waals surface area (Å²) in [5.41, 5.74) is 1.04. The van der Waals surface area contributed by atoms with Crippen molar-refractivity contribution in [2.45, 2.75) is 45.2 Å². The fourth-order valence-corrected chi connectivity index (χ4v) is 3.09. The van der Waals surface area contributed by atoms with Gasteiger partial charge in [0.05, 0.1) is 5.02 Å². The minimum Gasteiger partial charge on any atom is -0.356 e. The van der Waals surface area contributed by atoms with E-state index in [0.717, 1.165) is 31.5 Å². The van der Waals surface area contributed by atoms with E-state index in [2.05, 4.69) is 10.2 Å². The van der Waals surface area contributed by atoms with Gasteiger partial charge in [-0.2, -0.15) is 0 Å². The fraction of sp³-hybridized carbons (Fsp3) is 0.562. The van der Waals surface area contributed by atoms with Gasteiger partial charge in [0.2, 0.25) is 5.91 Å². The lowest BCUT2D eigenvalue weighted by molar-refractivity contribution is -0.119. The van der Waals surface area contributed by atoms with Crippen LogP contribution in [0, 0.1) is 5.82 Å². The van der Waals surface area contributed by atoms with Gasteiger partial charge >= 0.3 is 0 Å². The van der Waals surface area contributed by atoms with Crippen molar-refractivity contribution in [2.24, 2.45) is 0 Å². The molecule has 2 rings (SSSR count). The van der Waals surface area contributed by atoms with Crippen molar-refractivity contribution in [1.29, 1.82) is 0 Å². The predicted octanol–water partition coefficient (Wildman–Crippen LogP) is 3.36. The van der Waals surface area contributed by atoms with Gasteiger partial charge in [0.25, 0.3) is 0 Å². The first kappa shape index (κ1) is 16.2. The zero-order chi connectivity index (χ0) is 15.2. The maximum absolute atomic E-state index is 13.2. The van der Waals surface area contributed by atoms with E-state index in [9.17, 15) is 9.18 Å². The highest BCUT2D eigenvalue weighted by molar-refractivity contribution is 6.30. The zero-order valence-corrected chi connectivity index (χ0v) is 13.1. The van der Waals surface area contributed by atoms with Crippen molar-refractivity contribution in [3.8, 4) is 0 Å². The van der Waals surface area contributed by atoms with Crippen LogP contribution in [0.2, 0.25) is 5.02 Å². The summed E-state index contributed by atoms with van der Waals surface area (Å²) in [7, 11) is 0. The van der Waals surface area contributed by atoms with E-state index in [0.29, 0.717) is 12.6 Å². The van der Waals surface area contributed by atoms with Crippen molar-refractivity contribution in [3.63, 3.8) is 0 Å². The molecule has 5 heteroatoms. The Morgan fingerprint density at radius 2 is 2.29 bits per heavy atom. The predicted molar refractivity (Wildman–Crippen MR) is 82.8 cm³/mol. The molecule has 1 heterocycles. The number of hydrogen-bond acceptors (Lipinski definition) is 2. The molecule has 0 aliphatic carbocycles. The normalized spacial score (nSPS) is 19.5. The van der Waals surface area contributed by atoms with Crippen LogP contribution in [-0.4, -0.2) is 29.9 Å². The number of hydrogen-bond donors (Lipinski definition) is 1. The Morgan fingerprint density at radius 3 is 3.00 bits per heavy atom. The van der Waals surface area contributed by atoms with Crippen LogP contribution in [0.4, 0.5) is 4.39 Å². The number of likely N-dealkylation sites (tertiary alicyclic amines) is 1. The summed E-state index contributed by atoms with van der Waals surface area (Å²) in [5.74, 6) is -0.357. The maximum Gasteiger partial charge on any atom is 0.216 e. The average molecular weight is 313 g/mol. The van der Waals surface area contributed by atoms with Gasteiger partial charge in [0, 0.05) is 26.1 Å². The number of piperidine rings is 1. The van der Waals surface area contributed by atoms with Crippen LogP contribution in [-0.2, 0) is 11.3 Å². The summed E-state index contributed by atoms with van der Waals surface area (Å²) in [5, 5.41) is 3.04. The van der Waals surface area contributed by atoms with Crippen molar-refractivity contribution in [1.82, 2.24) is 10.2 Å². The Hall–Kier alpha value is -1.13. The van der Waals surface area contributed by atoms with Crippen LogP contribution < -0.4 is 5.32 Å². The van der Waals surface area contributed by atoms with Gasteiger partial charge in [0.15, 0.2) is 0 Å². The molecule has 1 N–H and O–H groups in total. The molecule has 1 atom stereocenters. The summed E-state index contributed by atoms with van der Waals surface area (Å²) in [4.78, 5) is 13.4. The van der Waals surface area contributed by atoms with Crippen LogP contribution in [0.3, 0.4) is 0 Å². The third kappa shape index (κ3) is 4.97. The number of nitrogens with zero attached hydrogens (tertiary/aromatic N) is 1. The Kier molecular flexibility index (Phi) is 6.00. The first-order valence-corrected chi connectivity index (χ1v) is 7.86. The third-order valence-corrected chi connectivity index (χ3v) is 4.26. The highest BCUT2D eigenvalue weighted by Gasteiger charge is 2.22. The second kappa shape index (κ2) is 7.76. The molecule has 1 aromatic carbocycles. The molecule has 1 fully saturated rings. The Bertz CT molecular complexity index is 495. The number of carbonyl (C=O) groups excluding carboxylic acids is 1. The Morgan fingerprint density at radius 1 is 1.48 bits per heavy atom. The first-order chi connectivity index (χ1) is 10.1. The molecular weight excluding hydrogens is 291 g/mol. The second-order valence-electron chi connectivity index (χ2n) is 5.64. The highest BCUT2D eigenvalue weighted by Crippen LogP contribution is 2.23. The molecule has 0 spiro atoms.